The van der Waals surface area contributed by atoms with Crippen molar-refractivity contribution in [3.05, 3.63) is 24.4 Å². The Bertz CT molecular complexity index is 662. The van der Waals surface area contributed by atoms with E-state index in [4.69, 9.17) is 0 Å². The number of aromatic nitrogens is 1. The number of aliphatic imine (C=N–C) groups is 1. The van der Waals surface area contributed by atoms with E-state index in [-0.39, 0.29) is 42.5 Å². The second kappa shape index (κ2) is 11.0. The number of nitrogens with one attached hydrogen (secondary N) is 3. The minimum absolute atomic E-state index is 0. The van der Waals surface area contributed by atoms with Crippen LogP contribution in [-0.2, 0) is 4.79 Å². The summed E-state index contributed by atoms with van der Waals surface area (Å²) in [5.74, 6) is 1.54. The summed E-state index contributed by atoms with van der Waals surface area (Å²) in [6.45, 7) is 5.39. The van der Waals surface area contributed by atoms with Gasteiger partial charge in [-0.2, -0.15) is 0 Å². The van der Waals surface area contributed by atoms with Crippen LogP contribution in [-0.4, -0.2) is 73.1 Å². The van der Waals surface area contributed by atoms with Crippen LogP contribution in [0.2, 0.25) is 0 Å². The molecule has 154 valence electrons. The maximum absolute atomic E-state index is 11.6. The summed E-state index contributed by atoms with van der Waals surface area (Å²) in [6, 6.07) is 5.97. The smallest absolute Gasteiger partial charge is 0.324 e. The topological polar surface area (TPSA) is 102 Å². The first-order valence-electron chi connectivity index (χ1n) is 9.46. The number of imide groups is 1. The molecule has 28 heavy (non-hydrogen) atoms. The van der Waals surface area contributed by atoms with Gasteiger partial charge >= 0.3 is 6.03 Å². The molecule has 0 unspecified atom stereocenters. The highest BCUT2D eigenvalue weighted by molar-refractivity contribution is 14.0. The van der Waals surface area contributed by atoms with Crippen molar-refractivity contribution in [3.8, 4) is 0 Å². The maximum atomic E-state index is 11.6. The Balaban J connectivity index is 0.00000280. The lowest BCUT2D eigenvalue weighted by molar-refractivity contribution is -0.124. The lowest BCUT2D eigenvalue weighted by atomic mass is 10.1. The average molecular weight is 501 g/mol. The molecule has 2 fully saturated rings. The molecule has 2 saturated heterocycles. The first-order valence-corrected chi connectivity index (χ1v) is 9.46. The molecular formula is C18H28IN7O2. The highest BCUT2D eigenvalue weighted by Crippen LogP contribution is 2.17. The van der Waals surface area contributed by atoms with Crippen LogP contribution in [0.4, 0.5) is 10.6 Å². The molecule has 3 amide bonds. The highest BCUT2D eigenvalue weighted by atomic mass is 127. The van der Waals surface area contributed by atoms with Crippen LogP contribution >= 0.6 is 24.0 Å². The average Bonchev–Trinajstić information content (AvgIpc) is 3.01. The predicted molar refractivity (Wildman–Crippen MR) is 119 cm³/mol. The lowest BCUT2D eigenvalue weighted by Gasteiger charge is -2.33. The summed E-state index contributed by atoms with van der Waals surface area (Å²) in [6.07, 6.45) is 3.81. The van der Waals surface area contributed by atoms with Gasteiger partial charge in [0, 0.05) is 31.9 Å². The van der Waals surface area contributed by atoms with Crippen LogP contribution in [0, 0.1) is 0 Å². The molecule has 0 aliphatic carbocycles. The van der Waals surface area contributed by atoms with Gasteiger partial charge in [0.15, 0.2) is 5.96 Å². The van der Waals surface area contributed by atoms with Gasteiger partial charge in [-0.1, -0.05) is 6.07 Å². The molecular weight excluding hydrogens is 473 g/mol. The number of carbonyl (C=O) groups excluding carboxylic acids is 2. The number of hydrogen-bond donors (Lipinski definition) is 3. The van der Waals surface area contributed by atoms with Crippen molar-refractivity contribution in [1.29, 1.82) is 0 Å². The highest BCUT2D eigenvalue weighted by Gasteiger charge is 2.27. The Labute approximate surface area is 182 Å². The van der Waals surface area contributed by atoms with E-state index in [0.29, 0.717) is 19.1 Å². The zero-order valence-electron chi connectivity index (χ0n) is 16.1. The van der Waals surface area contributed by atoms with Gasteiger partial charge < -0.3 is 20.9 Å². The van der Waals surface area contributed by atoms with Gasteiger partial charge in [0.1, 0.15) is 5.82 Å². The van der Waals surface area contributed by atoms with Crippen molar-refractivity contribution in [1.82, 2.24) is 25.8 Å². The quantitative estimate of drug-likeness (QED) is 0.231. The zero-order chi connectivity index (χ0) is 19.1. The molecule has 1 aromatic rings. The predicted octanol–water partition coefficient (Wildman–Crippen LogP) is 0.775. The summed E-state index contributed by atoms with van der Waals surface area (Å²) < 4.78 is 0. The number of nitrogens with zero attached hydrogens (tertiary/aromatic N) is 4. The van der Waals surface area contributed by atoms with E-state index < -0.39 is 0 Å². The summed E-state index contributed by atoms with van der Waals surface area (Å²) in [5, 5.41) is 9.21. The molecule has 0 atom stereocenters. The Hall–Kier alpha value is -2.11. The van der Waals surface area contributed by atoms with Crippen molar-refractivity contribution in [2.45, 2.75) is 25.8 Å². The number of carbonyl (C=O) groups is 2. The SMILES string of the molecule is CCNC(=NCCN1C(=O)CNC1=O)NC1CCN(c2ccccn2)CC1.I. The monoisotopic (exact) mass is 501 g/mol. The summed E-state index contributed by atoms with van der Waals surface area (Å²) in [5.41, 5.74) is 0. The Kier molecular flexibility index (Phi) is 8.74. The Morgan fingerprint density at radius 3 is 2.71 bits per heavy atom. The van der Waals surface area contributed by atoms with Crippen LogP contribution < -0.4 is 20.9 Å². The largest absolute Gasteiger partial charge is 0.357 e. The lowest BCUT2D eigenvalue weighted by Crippen LogP contribution is -2.49. The van der Waals surface area contributed by atoms with E-state index in [0.717, 1.165) is 44.3 Å². The number of guanidine groups is 1. The zero-order valence-corrected chi connectivity index (χ0v) is 18.4. The third kappa shape index (κ3) is 5.94. The van der Waals surface area contributed by atoms with Crippen molar-refractivity contribution in [3.63, 3.8) is 0 Å². The van der Waals surface area contributed by atoms with Crippen molar-refractivity contribution in [2.75, 3.05) is 44.2 Å². The van der Waals surface area contributed by atoms with E-state index in [9.17, 15) is 9.59 Å². The molecule has 0 aromatic carbocycles. The van der Waals surface area contributed by atoms with Crippen LogP contribution in [0.25, 0.3) is 0 Å². The van der Waals surface area contributed by atoms with Gasteiger partial charge in [0.2, 0.25) is 5.91 Å². The minimum Gasteiger partial charge on any atom is -0.357 e. The molecule has 2 aliphatic heterocycles. The van der Waals surface area contributed by atoms with Crippen molar-refractivity contribution in [2.24, 2.45) is 4.99 Å². The molecule has 3 rings (SSSR count). The van der Waals surface area contributed by atoms with E-state index >= 15 is 0 Å². The molecule has 10 heteroatoms. The molecule has 0 radical (unpaired) electrons. The number of rotatable bonds is 6. The second-order valence-corrected chi connectivity index (χ2v) is 6.56. The number of hydrogen-bond acceptors (Lipinski definition) is 5. The first kappa shape index (κ1) is 22.2. The Morgan fingerprint density at radius 2 is 2.11 bits per heavy atom. The van der Waals surface area contributed by atoms with E-state index in [2.05, 4.69) is 30.8 Å². The molecule has 2 aliphatic rings. The van der Waals surface area contributed by atoms with Gasteiger partial charge in [-0.25, -0.2) is 9.78 Å². The summed E-state index contributed by atoms with van der Waals surface area (Å²) >= 11 is 0. The maximum Gasteiger partial charge on any atom is 0.324 e. The first-order chi connectivity index (χ1) is 13.2. The molecule has 3 heterocycles. The van der Waals surface area contributed by atoms with Gasteiger partial charge in [-0.05, 0) is 31.9 Å². The summed E-state index contributed by atoms with van der Waals surface area (Å²) in [7, 11) is 0. The number of amides is 3. The van der Waals surface area contributed by atoms with E-state index in [1.807, 2.05) is 31.3 Å². The van der Waals surface area contributed by atoms with Crippen molar-refractivity contribution >= 4 is 47.7 Å². The third-order valence-electron chi connectivity index (χ3n) is 4.68. The molecule has 0 bridgehead atoms. The Morgan fingerprint density at radius 1 is 1.32 bits per heavy atom. The molecule has 1 aromatic heterocycles. The molecule has 0 saturated carbocycles. The van der Waals surface area contributed by atoms with E-state index in [1.54, 1.807) is 0 Å². The normalized spacial score (nSPS) is 18.0. The van der Waals surface area contributed by atoms with Gasteiger partial charge in [-0.15, -0.1) is 24.0 Å². The standard InChI is InChI=1S/C18H27N7O2.HI/c1-2-19-17(21-9-12-25-16(26)13-22-18(25)27)23-14-6-10-24(11-7-14)15-5-3-4-8-20-15;/h3-5,8,14H,2,6-7,9-13H2,1H3,(H,22,27)(H2,19,21,23);1H. The fourth-order valence-electron chi connectivity index (χ4n) is 3.25. The fourth-order valence-corrected chi connectivity index (χ4v) is 3.25. The number of pyridine rings is 1. The fraction of sp³-hybridized carbons (Fsp3) is 0.556. The molecule has 0 spiro atoms. The number of anilines is 1. The molecule has 9 nitrogen and oxygen atoms in total. The minimum atomic E-state index is -0.338. The number of piperidine rings is 1. The molecule has 3 N–H and O–H groups in total. The van der Waals surface area contributed by atoms with Gasteiger partial charge in [-0.3, -0.25) is 14.7 Å². The van der Waals surface area contributed by atoms with Crippen LogP contribution in [0.15, 0.2) is 29.4 Å². The third-order valence-corrected chi connectivity index (χ3v) is 4.68. The number of halogens is 1. The van der Waals surface area contributed by atoms with Crippen LogP contribution in [0.3, 0.4) is 0 Å². The van der Waals surface area contributed by atoms with Gasteiger partial charge in [0.05, 0.1) is 19.6 Å². The number of urea groups is 1. The van der Waals surface area contributed by atoms with Gasteiger partial charge in [0.25, 0.3) is 0 Å². The van der Waals surface area contributed by atoms with Crippen LogP contribution in [0.1, 0.15) is 19.8 Å². The van der Waals surface area contributed by atoms with Crippen molar-refractivity contribution < 1.29 is 9.59 Å². The van der Waals surface area contributed by atoms with E-state index in [1.165, 1.54) is 4.90 Å². The second-order valence-electron chi connectivity index (χ2n) is 6.56. The summed E-state index contributed by atoms with van der Waals surface area (Å²) in [4.78, 5) is 35.6. The van der Waals surface area contributed by atoms with Crippen LogP contribution in [0.5, 0.6) is 0 Å².